The van der Waals surface area contributed by atoms with Gasteiger partial charge in [0, 0.05) is 32.4 Å². The molecule has 1 N–H and O–H groups in total. The molecule has 0 spiro atoms. The molecule has 96 valence electrons. The summed E-state index contributed by atoms with van der Waals surface area (Å²) in [5.74, 6) is 2.20. The first-order valence-corrected chi connectivity index (χ1v) is 6.93. The summed E-state index contributed by atoms with van der Waals surface area (Å²) in [6.45, 7) is 7.90. The summed E-state index contributed by atoms with van der Waals surface area (Å²) in [6, 6.07) is 0. The van der Waals surface area contributed by atoms with E-state index in [4.69, 9.17) is 0 Å². The summed E-state index contributed by atoms with van der Waals surface area (Å²) in [5, 5.41) is 3.41. The molecular formula is C11H24IN3S. The maximum atomic E-state index is 4.33. The second-order valence-electron chi connectivity index (χ2n) is 4.80. The Morgan fingerprint density at radius 1 is 1.50 bits per heavy atom. The summed E-state index contributed by atoms with van der Waals surface area (Å²) >= 11 is 1.86. The Labute approximate surface area is 121 Å². The molecule has 0 amide bonds. The molecule has 1 saturated heterocycles. The summed E-state index contributed by atoms with van der Waals surface area (Å²) in [6.07, 6.45) is 3.39. The molecular weight excluding hydrogens is 333 g/mol. The van der Waals surface area contributed by atoms with Crippen molar-refractivity contribution in [2.45, 2.75) is 20.3 Å². The molecule has 0 saturated carbocycles. The number of aliphatic imine (C=N–C) groups is 1. The highest BCUT2D eigenvalue weighted by Gasteiger charge is 2.30. The first-order chi connectivity index (χ1) is 7.09. The van der Waals surface area contributed by atoms with Crippen LogP contribution >= 0.6 is 35.7 Å². The number of halogens is 1. The smallest absolute Gasteiger partial charge is 0.193 e. The van der Waals surface area contributed by atoms with Crippen molar-refractivity contribution in [1.29, 1.82) is 0 Å². The van der Waals surface area contributed by atoms with Gasteiger partial charge in [-0.05, 0) is 18.1 Å². The summed E-state index contributed by atoms with van der Waals surface area (Å²) in [5.41, 5.74) is 0.442. The molecule has 0 atom stereocenters. The van der Waals surface area contributed by atoms with E-state index in [-0.39, 0.29) is 24.0 Å². The fourth-order valence-corrected chi connectivity index (χ4v) is 2.20. The molecule has 0 unspecified atom stereocenters. The van der Waals surface area contributed by atoms with Crippen LogP contribution in [0.2, 0.25) is 0 Å². The van der Waals surface area contributed by atoms with Crippen LogP contribution in [0.3, 0.4) is 0 Å². The van der Waals surface area contributed by atoms with E-state index in [2.05, 4.69) is 35.3 Å². The molecule has 16 heavy (non-hydrogen) atoms. The SMILES string of the molecule is CN=C(NCCSC)N1CCC(C)(C)C1.I. The number of thioether (sulfide) groups is 1. The van der Waals surface area contributed by atoms with Crippen LogP contribution in [0.15, 0.2) is 4.99 Å². The van der Waals surface area contributed by atoms with E-state index in [1.165, 1.54) is 6.42 Å². The van der Waals surface area contributed by atoms with E-state index in [0.29, 0.717) is 5.41 Å². The van der Waals surface area contributed by atoms with Gasteiger partial charge in [-0.3, -0.25) is 4.99 Å². The maximum Gasteiger partial charge on any atom is 0.193 e. The minimum absolute atomic E-state index is 0. The third kappa shape index (κ3) is 5.12. The van der Waals surface area contributed by atoms with Gasteiger partial charge in [0.25, 0.3) is 0 Å². The normalized spacial score (nSPS) is 19.5. The highest BCUT2D eigenvalue weighted by atomic mass is 127. The number of hydrogen-bond donors (Lipinski definition) is 1. The number of rotatable bonds is 3. The van der Waals surface area contributed by atoms with Crippen LogP contribution in [-0.2, 0) is 0 Å². The highest BCUT2D eigenvalue weighted by Crippen LogP contribution is 2.28. The first-order valence-electron chi connectivity index (χ1n) is 5.53. The fraction of sp³-hybridized carbons (Fsp3) is 0.909. The molecule has 0 aromatic rings. The number of nitrogens with one attached hydrogen (secondary N) is 1. The largest absolute Gasteiger partial charge is 0.355 e. The Kier molecular flexibility index (Phi) is 7.80. The zero-order chi connectivity index (χ0) is 11.3. The predicted octanol–water partition coefficient (Wildman–Crippen LogP) is 2.27. The number of likely N-dealkylation sites (tertiary alicyclic amines) is 1. The van der Waals surface area contributed by atoms with Gasteiger partial charge in [-0.25, -0.2) is 0 Å². The molecule has 0 bridgehead atoms. The zero-order valence-corrected chi connectivity index (χ0v) is 13.9. The molecule has 1 fully saturated rings. The molecule has 0 aromatic carbocycles. The lowest BCUT2D eigenvalue weighted by molar-refractivity contribution is 0.370. The number of nitrogens with zero attached hydrogens (tertiary/aromatic N) is 2. The molecule has 5 heteroatoms. The molecule has 3 nitrogen and oxygen atoms in total. The second-order valence-corrected chi connectivity index (χ2v) is 5.79. The Bertz CT molecular complexity index is 231. The topological polar surface area (TPSA) is 27.6 Å². The monoisotopic (exact) mass is 357 g/mol. The van der Waals surface area contributed by atoms with Gasteiger partial charge >= 0.3 is 0 Å². The Balaban J connectivity index is 0.00000225. The third-order valence-electron chi connectivity index (χ3n) is 2.78. The Hall–Kier alpha value is 0.350. The van der Waals surface area contributed by atoms with E-state index in [0.717, 1.165) is 31.3 Å². The van der Waals surface area contributed by atoms with Gasteiger partial charge in [0.1, 0.15) is 0 Å². The van der Waals surface area contributed by atoms with Crippen molar-refractivity contribution < 1.29 is 0 Å². The van der Waals surface area contributed by atoms with Crippen molar-refractivity contribution >= 4 is 41.7 Å². The van der Waals surface area contributed by atoms with Gasteiger partial charge < -0.3 is 10.2 Å². The van der Waals surface area contributed by atoms with Crippen LogP contribution in [-0.4, -0.2) is 49.6 Å². The van der Waals surface area contributed by atoms with Crippen molar-refractivity contribution in [2.24, 2.45) is 10.4 Å². The fourth-order valence-electron chi connectivity index (χ4n) is 1.89. The van der Waals surface area contributed by atoms with Gasteiger partial charge in [0.05, 0.1) is 0 Å². The summed E-state index contributed by atoms with van der Waals surface area (Å²) < 4.78 is 0. The number of hydrogen-bond acceptors (Lipinski definition) is 2. The van der Waals surface area contributed by atoms with Gasteiger partial charge in [0.15, 0.2) is 5.96 Å². The van der Waals surface area contributed by atoms with Crippen molar-refractivity contribution in [2.75, 3.05) is 38.7 Å². The van der Waals surface area contributed by atoms with Crippen molar-refractivity contribution in [1.82, 2.24) is 10.2 Å². The third-order valence-corrected chi connectivity index (χ3v) is 3.39. The van der Waals surface area contributed by atoms with Crippen molar-refractivity contribution in [3.8, 4) is 0 Å². The summed E-state index contributed by atoms with van der Waals surface area (Å²) in [7, 11) is 1.87. The first kappa shape index (κ1) is 16.4. The molecule has 1 aliphatic rings. The van der Waals surface area contributed by atoms with E-state index < -0.39 is 0 Å². The highest BCUT2D eigenvalue weighted by molar-refractivity contribution is 14.0. The average Bonchev–Trinajstić information content (AvgIpc) is 2.54. The zero-order valence-electron chi connectivity index (χ0n) is 10.7. The van der Waals surface area contributed by atoms with E-state index in [1.807, 2.05) is 18.8 Å². The van der Waals surface area contributed by atoms with Gasteiger partial charge in [-0.1, -0.05) is 13.8 Å². The van der Waals surface area contributed by atoms with Crippen LogP contribution in [0, 0.1) is 5.41 Å². The average molecular weight is 357 g/mol. The van der Waals surface area contributed by atoms with E-state index in [1.54, 1.807) is 0 Å². The maximum absolute atomic E-state index is 4.33. The molecule has 0 aromatic heterocycles. The molecule has 1 aliphatic heterocycles. The lowest BCUT2D eigenvalue weighted by Crippen LogP contribution is -2.41. The molecule has 0 aliphatic carbocycles. The van der Waals surface area contributed by atoms with Crippen molar-refractivity contribution in [3.63, 3.8) is 0 Å². The van der Waals surface area contributed by atoms with E-state index >= 15 is 0 Å². The standard InChI is InChI=1S/C11H23N3S.HI/c1-11(2)5-7-14(9-11)10(12-3)13-6-8-15-4;/h5-9H2,1-4H3,(H,12,13);1H. The quantitative estimate of drug-likeness (QED) is 0.364. The lowest BCUT2D eigenvalue weighted by Gasteiger charge is -2.23. The van der Waals surface area contributed by atoms with Crippen LogP contribution < -0.4 is 5.32 Å². The molecule has 1 heterocycles. The lowest BCUT2D eigenvalue weighted by atomic mass is 9.93. The second kappa shape index (κ2) is 7.63. The van der Waals surface area contributed by atoms with Crippen LogP contribution in [0.5, 0.6) is 0 Å². The predicted molar refractivity (Wildman–Crippen MR) is 85.1 cm³/mol. The van der Waals surface area contributed by atoms with Crippen LogP contribution in [0.4, 0.5) is 0 Å². The van der Waals surface area contributed by atoms with Gasteiger partial charge in [-0.15, -0.1) is 24.0 Å². The van der Waals surface area contributed by atoms with E-state index in [9.17, 15) is 0 Å². The van der Waals surface area contributed by atoms with Crippen molar-refractivity contribution in [3.05, 3.63) is 0 Å². The minimum atomic E-state index is 0. The van der Waals surface area contributed by atoms with Gasteiger partial charge in [0.2, 0.25) is 0 Å². The summed E-state index contributed by atoms with van der Waals surface area (Å²) in [4.78, 5) is 6.69. The van der Waals surface area contributed by atoms with Crippen LogP contribution in [0.25, 0.3) is 0 Å². The molecule has 0 radical (unpaired) electrons. The Morgan fingerprint density at radius 2 is 2.19 bits per heavy atom. The number of guanidine groups is 1. The van der Waals surface area contributed by atoms with Crippen LogP contribution in [0.1, 0.15) is 20.3 Å². The molecule has 1 rings (SSSR count). The minimum Gasteiger partial charge on any atom is -0.355 e. The van der Waals surface area contributed by atoms with Gasteiger partial charge in [-0.2, -0.15) is 11.8 Å². The Morgan fingerprint density at radius 3 is 2.62 bits per heavy atom.